The van der Waals surface area contributed by atoms with Gasteiger partial charge in [0.25, 0.3) is 0 Å². The number of hydrogen-bond acceptors (Lipinski definition) is 7. The highest BCUT2D eigenvalue weighted by atomic mass is 19.1. The normalized spacial score (nSPS) is 14.9. The summed E-state index contributed by atoms with van der Waals surface area (Å²) in [5, 5.41) is 9.53. The predicted molar refractivity (Wildman–Crippen MR) is 116 cm³/mol. The molecule has 0 fully saturated rings. The Bertz CT molecular complexity index is 1120. The van der Waals surface area contributed by atoms with E-state index in [0.29, 0.717) is 34.8 Å². The number of pyridine rings is 3. The molecule has 3 aromatic rings. The number of urea groups is 1. The van der Waals surface area contributed by atoms with Gasteiger partial charge in [0.2, 0.25) is 5.95 Å². The molecule has 0 radical (unpaired) electrons. The van der Waals surface area contributed by atoms with Crippen molar-refractivity contribution in [2.24, 2.45) is 5.16 Å². The number of carbonyl (C=O) groups excluding carboxylic acids is 1. The third-order valence-corrected chi connectivity index (χ3v) is 4.60. The van der Waals surface area contributed by atoms with Gasteiger partial charge in [-0.1, -0.05) is 5.16 Å². The van der Waals surface area contributed by atoms with E-state index in [2.05, 4.69) is 30.7 Å². The van der Waals surface area contributed by atoms with Crippen LogP contribution in [0.25, 0.3) is 11.3 Å². The van der Waals surface area contributed by atoms with Crippen LogP contribution in [0.5, 0.6) is 5.75 Å². The van der Waals surface area contributed by atoms with E-state index >= 15 is 0 Å². The van der Waals surface area contributed by atoms with Crippen molar-refractivity contribution in [3.8, 4) is 17.0 Å². The molecule has 1 aliphatic heterocycles. The monoisotopic (exact) mass is 436 g/mol. The van der Waals surface area contributed by atoms with Gasteiger partial charge in [-0.3, -0.25) is 9.97 Å². The number of halogens is 1. The molecule has 4 heterocycles. The number of nitrogens with one attached hydrogen (secondary N) is 2. The van der Waals surface area contributed by atoms with Crippen LogP contribution < -0.4 is 15.4 Å². The molecule has 0 bridgehead atoms. The van der Waals surface area contributed by atoms with Crippen molar-refractivity contribution < 1.29 is 18.8 Å². The highest BCUT2D eigenvalue weighted by Gasteiger charge is 2.23. The average molecular weight is 436 g/mol. The summed E-state index contributed by atoms with van der Waals surface area (Å²) in [6.45, 7) is 2.34. The van der Waals surface area contributed by atoms with Crippen LogP contribution in [0.2, 0.25) is 0 Å². The van der Waals surface area contributed by atoms with E-state index in [1.54, 1.807) is 42.7 Å². The number of amides is 2. The van der Waals surface area contributed by atoms with E-state index < -0.39 is 5.95 Å². The molecule has 1 aliphatic rings. The Balaban J connectivity index is 1.25. The minimum absolute atomic E-state index is 0.239. The van der Waals surface area contributed by atoms with E-state index in [-0.39, 0.29) is 25.3 Å². The van der Waals surface area contributed by atoms with Crippen molar-refractivity contribution >= 4 is 17.4 Å². The van der Waals surface area contributed by atoms with Crippen molar-refractivity contribution in [1.29, 1.82) is 0 Å². The fourth-order valence-corrected chi connectivity index (χ4v) is 3.08. The highest BCUT2D eigenvalue weighted by molar-refractivity contribution is 5.94. The smallest absolute Gasteiger partial charge is 0.319 e. The van der Waals surface area contributed by atoms with Gasteiger partial charge in [-0.2, -0.15) is 4.39 Å². The van der Waals surface area contributed by atoms with Gasteiger partial charge in [0.05, 0.1) is 12.3 Å². The predicted octanol–water partition coefficient (Wildman–Crippen LogP) is 3.33. The maximum Gasteiger partial charge on any atom is 0.319 e. The third kappa shape index (κ3) is 5.54. The molecule has 164 valence electrons. The van der Waals surface area contributed by atoms with Crippen LogP contribution in [0, 0.1) is 12.9 Å². The quantitative estimate of drug-likeness (QED) is 0.550. The van der Waals surface area contributed by atoms with Gasteiger partial charge < -0.3 is 20.2 Å². The summed E-state index contributed by atoms with van der Waals surface area (Å²) in [6, 6.07) is 9.53. The third-order valence-electron chi connectivity index (χ3n) is 4.60. The lowest BCUT2D eigenvalue weighted by atomic mass is 10.1. The number of rotatable bonds is 7. The van der Waals surface area contributed by atoms with Crippen molar-refractivity contribution in [1.82, 2.24) is 20.3 Å². The lowest BCUT2D eigenvalue weighted by Gasteiger charge is -2.13. The number of oxime groups is 1. The number of carbonyl (C=O) groups is 1. The molecule has 4 rings (SSSR count). The maximum atomic E-state index is 13.1. The zero-order valence-electron chi connectivity index (χ0n) is 17.3. The van der Waals surface area contributed by atoms with Gasteiger partial charge in [0.15, 0.2) is 6.10 Å². The topological polar surface area (TPSA) is 111 Å². The minimum atomic E-state index is -0.561. The molecular formula is C22H21FN6O3. The van der Waals surface area contributed by atoms with Crippen LogP contribution >= 0.6 is 0 Å². The fraction of sp³-hybridized carbons (Fsp3) is 0.227. The van der Waals surface area contributed by atoms with Crippen LogP contribution in [0.15, 0.2) is 60.1 Å². The van der Waals surface area contributed by atoms with Gasteiger partial charge in [-0.25, -0.2) is 9.78 Å². The fourth-order valence-electron chi connectivity index (χ4n) is 3.08. The molecule has 3 aromatic heterocycles. The summed E-state index contributed by atoms with van der Waals surface area (Å²) in [5.74, 6) is -0.0301. The lowest BCUT2D eigenvalue weighted by molar-refractivity contribution is 0.0471. The Morgan fingerprint density at radius 1 is 1.22 bits per heavy atom. The minimum Gasteiger partial charge on any atom is -0.487 e. The molecule has 9 nitrogen and oxygen atoms in total. The van der Waals surface area contributed by atoms with Crippen LogP contribution in [0.1, 0.15) is 12.1 Å². The van der Waals surface area contributed by atoms with Crippen molar-refractivity contribution in [2.45, 2.75) is 19.4 Å². The van der Waals surface area contributed by atoms with Crippen molar-refractivity contribution in [3.63, 3.8) is 0 Å². The molecule has 32 heavy (non-hydrogen) atoms. The molecule has 10 heteroatoms. The number of nitrogens with zero attached hydrogens (tertiary/aromatic N) is 4. The standard InChI is InChI=1S/C22H21FN6O3/c1-14-9-16(6-8-24-14)28-22(30)27-12-17-10-18(32-29-17)13-31-19-3-2-7-25-21(19)15-4-5-20(23)26-11-15/h2-9,11,18H,10,12-13H2,1H3,(H2,24,27,28,30). The molecular weight excluding hydrogens is 415 g/mol. The second kappa shape index (κ2) is 9.82. The van der Waals surface area contributed by atoms with Crippen LogP contribution in [-0.4, -0.2) is 46.0 Å². The van der Waals surface area contributed by atoms with Crippen molar-refractivity contribution in [2.75, 3.05) is 18.5 Å². The summed E-state index contributed by atoms with van der Waals surface area (Å²) in [7, 11) is 0. The first-order chi connectivity index (χ1) is 15.6. The van der Waals surface area contributed by atoms with Gasteiger partial charge in [-0.05, 0) is 43.3 Å². The second-order valence-corrected chi connectivity index (χ2v) is 7.11. The Labute approximate surface area is 183 Å². The summed E-state index contributed by atoms with van der Waals surface area (Å²) in [5.41, 5.74) is 3.38. The molecule has 1 unspecified atom stereocenters. The van der Waals surface area contributed by atoms with E-state index in [1.807, 2.05) is 6.92 Å². The van der Waals surface area contributed by atoms with Crippen LogP contribution in [0.3, 0.4) is 0 Å². The van der Waals surface area contributed by atoms with Crippen LogP contribution in [-0.2, 0) is 4.84 Å². The van der Waals surface area contributed by atoms with Gasteiger partial charge >= 0.3 is 6.03 Å². The van der Waals surface area contributed by atoms with E-state index in [4.69, 9.17) is 9.57 Å². The van der Waals surface area contributed by atoms with E-state index in [0.717, 1.165) is 5.69 Å². The van der Waals surface area contributed by atoms with Gasteiger partial charge in [0, 0.05) is 42.0 Å². The Morgan fingerprint density at radius 2 is 2.12 bits per heavy atom. The van der Waals surface area contributed by atoms with Crippen molar-refractivity contribution in [3.05, 3.63) is 66.6 Å². The van der Waals surface area contributed by atoms with Crippen LogP contribution in [0.4, 0.5) is 14.9 Å². The summed E-state index contributed by atoms with van der Waals surface area (Å²) < 4.78 is 19.0. The number of anilines is 1. The zero-order valence-corrected chi connectivity index (χ0v) is 17.3. The number of hydrogen-bond donors (Lipinski definition) is 2. The Kier molecular flexibility index (Phi) is 6.49. The largest absolute Gasteiger partial charge is 0.487 e. The van der Waals surface area contributed by atoms with Gasteiger partial charge in [0.1, 0.15) is 18.1 Å². The molecule has 0 aliphatic carbocycles. The molecule has 0 spiro atoms. The summed E-state index contributed by atoms with van der Waals surface area (Å²) >= 11 is 0. The molecule has 2 amide bonds. The summed E-state index contributed by atoms with van der Waals surface area (Å²) in [4.78, 5) is 29.5. The first kappa shape index (κ1) is 21.2. The first-order valence-corrected chi connectivity index (χ1v) is 9.95. The zero-order chi connectivity index (χ0) is 22.3. The first-order valence-electron chi connectivity index (χ1n) is 9.95. The molecule has 2 N–H and O–H groups in total. The lowest BCUT2D eigenvalue weighted by Crippen LogP contribution is -2.33. The highest BCUT2D eigenvalue weighted by Crippen LogP contribution is 2.27. The second-order valence-electron chi connectivity index (χ2n) is 7.11. The number of aromatic nitrogens is 3. The average Bonchev–Trinajstić information content (AvgIpc) is 3.25. The molecule has 0 saturated carbocycles. The Hall–Kier alpha value is -4.08. The maximum absolute atomic E-state index is 13.1. The molecule has 0 aromatic carbocycles. The Morgan fingerprint density at radius 3 is 2.94 bits per heavy atom. The number of aryl methyl sites for hydroxylation is 1. The molecule has 1 atom stereocenters. The number of ether oxygens (including phenoxy) is 1. The van der Waals surface area contributed by atoms with Gasteiger partial charge in [-0.15, -0.1) is 0 Å². The SMILES string of the molecule is Cc1cc(NC(=O)NCC2=NOC(COc3cccnc3-c3ccc(F)nc3)C2)ccn1. The van der Waals surface area contributed by atoms with E-state index in [9.17, 15) is 9.18 Å². The van der Waals surface area contributed by atoms with E-state index in [1.165, 1.54) is 12.3 Å². The molecule has 0 saturated heterocycles. The summed E-state index contributed by atoms with van der Waals surface area (Å²) in [6.07, 6.45) is 4.88.